The Hall–Kier alpha value is -1.71. The maximum atomic E-state index is 11.4. The molecule has 0 aliphatic rings. The summed E-state index contributed by atoms with van der Waals surface area (Å²) in [6.45, 7) is 2.07. The number of hydrogen-bond acceptors (Lipinski definition) is 4. The molecule has 0 aliphatic heterocycles. The molecule has 0 aliphatic carbocycles. The summed E-state index contributed by atoms with van der Waals surface area (Å²) >= 11 is 0. The van der Waals surface area contributed by atoms with E-state index in [0.717, 1.165) is 0 Å². The number of methoxy groups -OCH3 is 1. The Bertz CT molecular complexity index is 336. The van der Waals surface area contributed by atoms with Crippen LogP contribution in [0, 0.1) is 0 Å². The van der Waals surface area contributed by atoms with Crippen LogP contribution >= 0.6 is 0 Å². The lowest BCUT2D eigenvalue weighted by Crippen LogP contribution is -2.08. The van der Waals surface area contributed by atoms with E-state index in [1.807, 2.05) is 0 Å². The molecule has 0 heterocycles. The Labute approximate surface area is 82.6 Å². The monoisotopic (exact) mass is 195 g/mol. The Kier molecular flexibility index (Phi) is 3.34. The number of ether oxygens (including phenoxy) is 2. The minimum atomic E-state index is -0.427. The van der Waals surface area contributed by atoms with Crippen molar-refractivity contribution in [3.8, 4) is 5.75 Å². The molecule has 76 valence electrons. The van der Waals surface area contributed by atoms with E-state index in [0.29, 0.717) is 23.6 Å². The minimum Gasteiger partial charge on any atom is -0.495 e. The van der Waals surface area contributed by atoms with E-state index in [4.69, 9.17) is 15.2 Å². The average molecular weight is 195 g/mol. The first-order valence-corrected chi connectivity index (χ1v) is 4.30. The number of nitrogens with two attached hydrogens (primary N) is 1. The van der Waals surface area contributed by atoms with Crippen LogP contribution in [0.25, 0.3) is 0 Å². The van der Waals surface area contributed by atoms with Crippen molar-refractivity contribution >= 4 is 11.7 Å². The molecule has 0 amide bonds. The Morgan fingerprint density at radius 2 is 2.21 bits per heavy atom. The third-order valence-corrected chi connectivity index (χ3v) is 1.78. The third kappa shape index (κ3) is 1.96. The summed E-state index contributed by atoms with van der Waals surface area (Å²) in [6.07, 6.45) is 0. The van der Waals surface area contributed by atoms with Crippen molar-refractivity contribution in [2.45, 2.75) is 6.92 Å². The van der Waals surface area contributed by atoms with Crippen molar-refractivity contribution in [2.75, 3.05) is 19.5 Å². The zero-order valence-corrected chi connectivity index (χ0v) is 8.24. The van der Waals surface area contributed by atoms with Crippen molar-refractivity contribution in [2.24, 2.45) is 0 Å². The number of hydrogen-bond donors (Lipinski definition) is 1. The SMILES string of the molecule is CCOC(=O)c1cccc(OC)c1N. The molecule has 0 spiro atoms. The maximum Gasteiger partial charge on any atom is 0.340 e. The molecule has 0 saturated heterocycles. The van der Waals surface area contributed by atoms with Gasteiger partial charge in [-0.1, -0.05) is 6.07 Å². The van der Waals surface area contributed by atoms with Crippen molar-refractivity contribution < 1.29 is 14.3 Å². The van der Waals surface area contributed by atoms with Gasteiger partial charge in [0.1, 0.15) is 5.75 Å². The quantitative estimate of drug-likeness (QED) is 0.585. The third-order valence-electron chi connectivity index (χ3n) is 1.78. The first kappa shape index (κ1) is 10.4. The number of carbonyl (C=O) groups excluding carboxylic acids is 1. The average Bonchev–Trinajstić information content (AvgIpc) is 2.18. The molecule has 4 heteroatoms. The molecule has 4 nitrogen and oxygen atoms in total. The van der Waals surface area contributed by atoms with E-state index < -0.39 is 5.97 Å². The van der Waals surface area contributed by atoms with Crippen LogP contribution in [0.15, 0.2) is 18.2 Å². The van der Waals surface area contributed by atoms with E-state index >= 15 is 0 Å². The van der Waals surface area contributed by atoms with Crippen LogP contribution in [0.5, 0.6) is 5.75 Å². The highest BCUT2D eigenvalue weighted by atomic mass is 16.5. The fourth-order valence-electron chi connectivity index (χ4n) is 1.11. The molecule has 0 radical (unpaired) electrons. The zero-order valence-electron chi connectivity index (χ0n) is 8.24. The summed E-state index contributed by atoms with van der Waals surface area (Å²) in [5.41, 5.74) is 6.35. The van der Waals surface area contributed by atoms with E-state index in [9.17, 15) is 4.79 Å². The van der Waals surface area contributed by atoms with Gasteiger partial charge in [-0.05, 0) is 19.1 Å². The molecule has 0 atom stereocenters. The normalized spacial score (nSPS) is 9.57. The number of nitrogen functional groups attached to an aromatic ring is 1. The summed E-state index contributed by atoms with van der Waals surface area (Å²) in [5.74, 6) is 0.0550. The summed E-state index contributed by atoms with van der Waals surface area (Å²) in [5, 5.41) is 0. The van der Waals surface area contributed by atoms with Crippen molar-refractivity contribution in [3.63, 3.8) is 0 Å². The molecular formula is C10H13NO3. The number of anilines is 1. The van der Waals surface area contributed by atoms with Gasteiger partial charge in [0, 0.05) is 0 Å². The lowest BCUT2D eigenvalue weighted by atomic mass is 10.1. The van der Waals surface area contributed by atoms with Crippen LogP contribution in [-0.4, -0.2) is 19.7 Å². The van der Waals surface area contributed by atoms with E-state index in [-0.39, 0.29) is 0 Å². The van der Waals surface area contributed by atoms with Crippen LogP contribution in [0.4, 0.5) is 5.69 Å². The second-order valence-corrected chi connectivity index (χ2v) is 2.64. The Morgan fingerprint density at radius 1 is 1.50 bits per heavy atom. The molecule has 2 N–H and O–H groups in total. The highest BCUT2D eigenvalue weighted by Gasteiger charge is 2.13. The van der Waals surface area contributed by atoms with Gasteiger partial charge in [0.05, 0.1) is 25.0 Å². The standard InChI is InChI=1S/C10H13NO3/c1-3-14-10(12)7-5-4-6-8(13-2)9(7)11/h4-6H,3,11H2,1-2H3. The number of rotatable bonds is 3. The molecular weight excluding hydrogens is 182 g/mol. The molecule has 0 unspecified atom stereocenters. The second-order valence-electron chi connectivity index (χ2n) is 2.64. The maximum absolute atomic E-state index is 11.4. The topological polar surface area (TPSA) is 61.5 Å². The van der Waals surface area contributed by atoms with Gasteiger partial charge in [0.25, 0.3) is 0 Å². The van der Waals surface area contributed by atoms with Crippen LogP contribution < -0.4 is 10.5 Å². The van der Waals surface area contributed by atoms with E-state index in [2.05, 4.69) is 0 Å². The van der Waals surface area contributed by atoms with Gasteiger partial charge in [-0.2, -0.15) is 0 Å². The highest BCUT2D eigenvalue weighted by molar-refractivity contribution is 5.96. The predicted molar refractivity (Wildman–Crippen MR) is 53.4 cm³/mol. The molecule has 0 aromatic heterocycles. The van der Waals surface area contributed by atoms with Crippen molar-refractivity contribution in [1.29, 1.82) is 0 Å². The zero-order chi connectivity index (χ0) is 10.6. The lowest BCUT2D eigenvalue weighted by Gasteiger charge is -2.08. The first-order chi connectivity index (χ1) is 6.70. The molecule has 1 rings (SSSR count). The van der Waals surface area contributed by atoms with Gasteiger partial charge < -0.3 is 15.2 Å². The summed E-state index contributed by atoms with van der Waals surface area (Å²) < 4.78 is 9.81. The van der Waals surface area contributed by atoms with Gasteiger partial charge in [-0.3, -0.25) is 0 Å². The van der Waals surface area contributed by atoms with Crippen LogP contribution in [-0.2, 0) is 4.74 Å². The molecule has 1 aromatic carbocycles. The Balaban J connectivity index is 3.03. The van der Waals surface area contributed by atoms with Crippen LogP contribution in [0.2, 0.25) is 0 Å². The molecule has 1 aromatic rings. The number of esters is 1. The number of carbonyl (C=O) groups is 1. The van der Waals surface area contributed by atoms with Crippen LogP contribution in [0.1, 0.15) is 17.3 Å². The van der Waals surface area contributed by atoms with Gasteiger partial charge in [0.15, 0.2) is 0 Å². The summed E-state index contributed by atoms with van der Waals surface area (Å²) in [4.78, 5) is 11.4. The highest BCUT2D eigenvalue weighted by Crippen LogP contribution is 2.25. The van der Waals surface area contributed by atoms with E-state index in [1.54, 1.807) is 25.1 Å². The van der Waals surface area contributed by atoms with E-state index in [1.165, 1.54) is 7.11 Å². The Morgan fingerprint density at radius 3 is 2.79 bits per heavy atom. The second kappa shape index (κ2) is 4.50. The number of benzene rings is 1. The largest absolute Gasteiger partial charge is 0.495 e. The fraction of sp³-hybridized carbons (Fsp3) is 0.300. The predicted octanol–water partition coefficient (Wildman–Crippen LogP) is 1.45. The van der Waals surface area contributed by atoms with Gasteiger partial charge in [-0.25, -0.2) is 4.79 Å². The minimum absolute atomic E-state index is 0.313. The first-order valence-electron chi connectivity index (χ1n) is 4.30. The van der Waals surface area contributed by atoms with Crippen LogP contribution in [0.3, 0.4) is 0 Å². The molecule has 14 heavy (non-hydrogen) atoms. The van der Waals surface area contributed by atoms with Crippen molar-refractivity contribution in [3.05, 3.63) is 23.8 Å². The van der Waals surface area contributed by atoms with Gasteiger partial charge in [0.2, 0.25) is 0 Å². The molecule has 0 bridgehead atoms. The summed E-state index contributed by atoms with van der Waals surface area (Å²) in [7, 11) is 1.50. The summed E-state index contributed by atoms with van der Waals surface area (Å²) in [6, 6.07) is 5.00. The lowest BCUT2D eigenvalue weighted by molar-refractivity contribution is 0.0527. The fourth-order valence-corrected chi connectivity index (χ4v) is 1.11. The smallest absolute Gasteiger partial charge is 0.340 e. The van der Waals surface area contributed by atoms with Gasteiger partial charge in [-0.15, -0.1) is 0 Å². The number of para-hydroxylation sites is 1. The van der Waals surface area contributed by atoms with Gasteiger partial charge >= 0.3 is 5.97 Å². The molecule has 0 saturated carbocycles. The van der Waals surface area contributed by atoms with Crippen molar-refractivity contribution in [1.82, 2.24) is 0 Å². The molecule has 0 fully saturated rings.